The van der Waals surface area contributed by atoms with Gasteiger partial charge in [-0.15, -0.1) is 0 Å². The molecule has 0 fully saturated rings. The molecule has 0 heterocycles. The third-order valence-electron chi connectivity index (χ3n) is 3.37. The molecule has 0 radical (unpaired) electrons. The Bertz CT molecular complexity index is 381. The number of nitrogens with zero attached hydrogens (tertiary/aromatic N) is 1. The topological polar surface area (TPSA) is 41.6 Å². The van der Waals surface area contributed by atoms with Gasteiger partial charge in [-0.05, 0) is 38.9 Å². The van der Waals surface area contributed by atoms with Gasteiger partial charge in [0.25, 0.3) is 0 Å². The maximum absolute atomic E-state index is 11.5. The fraction of sp³-hybridized carbons (Fsp3) is 0.562. The average Bonchev–Trinajstić information content (AvgIpc) is 2.46. The van der Waals surface area contributed by atoms with Crippen molar-refractivity contribution in [2.45, 2.75) is 39.3 Å². The van der Waals surface area contributed by atoms with Gasteiger partial charge in [0, 0.05) is 12.6 Å². The molecule has 1 unspecified atom stereocenters. The smallest absolute Gasteiger partial charge is 0.407 e. The first-order valence-corrected chi connectivity index (χ1v) is 7.28. The van der Waals surface area contributed by atoms with Crippen molar-refractivity contribution in [3.05, 3.63) is 35.9 Å². The monoisotopic (exact) mass is 278 g/mol. The quantitative estimate of drug-likeness (QED) is 0.794. The highest BCUT2D eigenvalue weighted by Crippen LogP contribution is 2.02. The predicted molar refractivity (Wildman–Crippen MR) is 81.6 cm³/mol. The lowest BCUT2D eigenvalue weighted by atomic mass is 10.2. The molecule has 1 aromatic rings. The second kappa shape index (κ2) is 9.37. The van der Waals surface area contributed by atoms with Gasteiger partial charge >= 0.3 is 6.09 Å². The van der Waals surface area contributed by atoms with E-state index in [4.69, 9.17) is 4.74 Å². The van der Waals surface area contributed by atoms with Crippen LogP contribution in [-0.4, -0.2) is 37.2 Å². The van der Waals surface area contributed by atoms with Crippen LogP contribution in [0, 0.1) is 0 Å². The van der Waals surface area contributed by atoms with Crippen LogP contribution >= 0.6 is 0 Å². The van der Waals surface area contributed by atoms with E-state index in [2.05, 4.69) is 31.1 Å². The second-order valence-corrected chi connectivity index (χ2v) is 5.11. The summed E-state index contributed by atoms with van der Waals surface area (Å²) in [6, 6.07) is 10.1. The third kappa shape index (κ3) is 6.57. The molecular weight excluding hydrogens is 252 g/mol. The van der Waals surface area contributed by atoms with Crippen molar-refractivity contribution in [1.82, 2.24) is 10.2 Å². The lowest BCUT2D eigenvalue weighted by Gasteiger charge is -2.24. The zero-order valence-corrected chi connectivity index (χ0v) is 12.8. The number of hydrogen-bond donors (Lipinski definition) is 1. The van der Waals surface area contributed by atoms with Gasteiger partial charge in [0.2, 0.25) is 0 Å². The van der Waals surface area contributed by atoms with Crippen LogP contribution in [0.2, 0.25) is 0 Å². The van der Waals surface area contributed by atoms with Gasteiger partial charge in [-0.1, -0.05) is 37.3 Å². The molecule has 0 saturated carbocycles. The number of carbonyl (C=O) groups excluding carboxylic acids is 1. The molecule has 0 aromatic heterocycles. The van der Waals surface area contributed by atoms with Gasteiger partial charge in [-0.25, -0.2) is 4.79 Å². The van der Waals surface area contributed by atoms with E-state index in [1.54, 1.807) is 0 Å². The summed E-state index contributed by atoms with van der Waals surface area (Å²) < 4.78 is 5.15. The molecular formula is C16H26N2O2. The zero-order valence-electron chi connectivity index (χ0n) is 12.8. The van der Waals surface area contributed by atoms with Crippen LogP contribution in [0.25, 0.3) is 0 Å². The number of carbonyl (C=O) groups is 1. The van der Waals surface area contributed by atoms with E-state index in [1.165, 1.54) is 0 Å². The SMILES string of the molecule is CCCN(C)C(C)CCNC(=O)OCc1ccccc1. The fourth-order valence-electron chi connectivity index (χ4n) is 1.95. The molecule has 1 atom stereocenters. The van der Waals surface area contributed by atoms with Crippen molar-refractivity contribution in [1.29, 1.82) is 0 Å². The van der Waals surface area contributed by atoms with Gasteiger partial charge in [0.1, 0.15) is 6.61 Å². The molecule has 1 rings (SSSR count). The Morgan fingerprint density at radius 2 is 2.05 bits per heavy atom. The van der Waals surface area contributed by atoms with Crippen LogP contribution in [0.3, 0.4) is 0 Å². The number of amides is 1. The Labute approximate surface area is 122 Å². The summed E-state index contributed by atoms with van der Waals surface area (Å²) >= 11 is 0. The van der Waals surface area contributed by atoms with E-state index >= 15 is 0 Å². The summed E-state index contributed by atoms with van der Waals surface area (Å²) in [6.07, 6.45) is 1.73. The van der Waals surface area contributed by atoms with Crippen molar-refractivity contribution in [2.24, 2.45) is 0 Å². The van der Waals surface area contributed by atoms with E-state index in [0.29, 0.717) is 19.2 Å². The Balaban J connectivity index is 2.14. The van der Waals surface area contributed by atoms with Gasteiger partial charge in [0.05, 0.1) is 0 Å². The maximum Gasteiger partial charge on any atom is 0.407 e. The van der Waals surface area contributed by atoms with E-state index in [-0.39, 0.29) is 6.09 Å². The molecule has 0 saturated heterocycles. The molecule has 4 heteroatoms. The Kier molecular flexibility index (Phi) is 7.73. The standard InChI is InChI=1S/C16H26N2O2/c1-4-12-18(3)14(2)10-11-17-16(19)20-13-15-8-6-5-7-9-15/h5-9,14H,4,10-13H2,1-3H3,(H,17,19). The first-order valence-electron chi connectivity index (χ1n) is 7.28. The predicted octanol–water partition coefficient (Wildman–Crippen LogP) is 3.03. The minimum absolute atomic E-state index is 0.317. The van der Waals surface area contributed by atoms with E-state index in [0.717, 1.165) is 24.9 Å². The maximum atomic E-state index is 11.5. The minimum Gasteiger partial charge on any atom is -0.445 e. The molecule has 1 N–H and O–H groups in total. The number of hydrogen-bond acceptors (Lipinski definition) is 3. The molecule has 4 nitrogen and oxygen atoms in total. The van der Waals surface area contributed by atoms with Crippen LogP contribution < -0.4 is 5.32 Å². The summed E-state index contributed by atoms with van der Waals surface area (Å²) in [7, 11) is 2.11. The third-order valence-corrected chi connectivity index (χ3v) is 3.37. The van der Waals surface area contributed by atoms with Crippen molar-refractivity contribution >= 4 is 6.09 Å². The summed E-state index contributed by atoms with van der Waals surface area (Å²) in [5.74, 6) is 0. The molecule has 0 aliphatic carbocycles. The molecule has 112 valence electrons. The zero-order chi connectivity index (χ0) is 14.8. The number of ether oxygens (including phenoxy) is 1. The summed E-state index contributed by atoms with van der Waals surface area (Å²) in [6.45, 7) is 6.38. The highest BCUT2D eigenvalue weighted by molar-refractivity contribution is 5.67. The van der Waals surface area contributed by atoms with Crippen LogP contribution in [0.15, 0.2) is 30.3 Å². The number of rotatable bonds is 8. The minimum atomic E-state index is -0.348. The number of benzene rings is 1. The molecule has 20 heavy (non-hydrogen) atoms. The van der Waals surface area contributed by atoms with E-state index in [9.17, 15) is 4.79 Å². The lowest BCUT2D eigenvalue weighted by Crippen LogP contribution is -2.34. The Morgan fingerprint density at radius 1 is 1.35 bits per heavy atom. The lowest BCUT2D eigenvalue weighted by molar-refractivity contribution is 0.138. The first kappa shape index (κ1) is 16.5. The molecule has 0 aliphatic heterocycles. The highest BCUT2D eigenvalue weighted by atomic mass is 16.5. The average molecular weight is 278 g/mol. The molecule has 1 amide bonds. The first-order chi connectivity index (χ1) is 9.63. The van der Waals surface area contributed by atoms with Crippen LogP contribution in [0.5, 0.6) is 0 Å². The van der Waals surface area contributed by atoms with Crippen molar-refractivity contribution in [2.75, 3.05) is 20.1 Å². The van der Waals surface area contributed by atoms with Gasteiger partial charge < -0.3 is 15.0 Å². The van der Waals surface area contributed by atoms with Gasteiger partial charge in [0.15, 0.2) is 0 Å². The normalized spacial score (nSPS) is 12.2. The van der Waals surface area contributed by atoms with Gasteiger partial charge in [-0.2, -0.15) is 0 Å². The van der Waals surface area contributed by atoms with Crippen molar-refractivity contribution in [3.8, 4) is 0 Å². The second-order valence-electron chi connectivity index (χ2n) is 5.11. The van der Waals surface area contributed by atoms with E-state index in [1.807, 2.05) is 30.3 Å². The largest absolute Gasteiger partial charge is 0.445 e. The number of alkyl carbamates (subject to hydrolysis) is 1. The molecule has 0 spiro atoms. The van der Waals surface area contributed by atoms with Crippen LogP contribution in [0.4, 0.5) is 4.79 Å². The van der Waals surface area contributed by atoms with Crippen molar-refractivity contribution in [3.63, 3.8) is 0 Å². The molecule has 0 aliphatic rings. The van der Waals surface area contributed by atoms with Crippen molar-refractivity contribution < 1.29 is 9.53 Å². The Hall–Kier alpha value is -1.55. The van der Waals surface area contributed by atoms with Gasteiger partial charge in [-0.3, -0.25) is 0 Å². The summed E-state index contributed by atoms with van der Waals surface area (Å²) in [5, 5.41) is 2.79. The molecule has 0 bridgehead atoms. The van der Waals surface area contributed by atoms with E-state index < -0.39 is 0 Å². The summed E-state index contributed by atoms with van der Waals surface area (Å²) in [4.78, 5) is 13.8. The highest BCUT2D eigenvalue weighted by Gasteiger charge is 2.09. The fourth-order valence-corrected chi connectivity index (χ4v) is 1.95. The Morgan fingerprint density at radius 3 is 2.70 bits per heavy atom. The summed E-state index contributed by atoms with van der Waals surface area (Å²) in [5.41, 5.74) is 0.999. The number of nitrogens with one attached hydrogen (secondary N) is 1. The molecule has 1 aromatic carbocycles. The van der Waals surface area contributed by atoms with Crippen LogP contribution in [0.1, 0.15) is 32.3 Å². The van der Waals surface area contributed by atoms with Crippen LogP contribution in [-0.2, 0) is 11.3 Å².